The van der Waals surface area contributed by atoms with Crippen LogP contribution in [0.25, 0.3) is 0 Å². The summed E-state index contributed by atoms with van der Waals surface area (Å²) in [7, 11) is 1.59. The highest BCUT2D eigenvalue weighted by molar-refractivity contribution is 5.94. The standard InChI is InChI=1S/C15H18N4O2/c1-21-13-5-2-11(3-6-13)15(20)18-9-8-17-12-4-7-14(16)19-10-12/h2-7,10,17H,8-9H2,1H3,(H2,16,19)(H,18,20). The van der Waals surface area contributed by atoms with Gasteiger partial charge in [-0.1, -0.05) is 0 Å². The van der Waals surface area contributed by atoms with E-state index >= 15 is 0 Å². The third-order valence-corrected chi connectivity index (χ3v) is 2.88. The first-order valence-electron chi connectivity index (χ1n) is 6.56. The summed E-state index contributed by atoms with van der Waals surface area (Å²) < 4.78 is 5.05. The third-order valence-electron chi connectivity index (χ3n) is 2.88. The molecule has 4 N–H and O–H groups in total. The van der Waals surface area contributed by atoms with Crippen LogP contribution in [0.15, 0.2) is 42.6 Å². The Bertz CT molecular complexity index is 582. The lowest BCUT2D eigenvalue weighted by atomic mass is 10.2. The fraction of sp³-hybridized carbons (Fsp3) is 0.200. The number of amides is 1. The molecule has 0 radical (unpaired) electrons. The number of nitrogens with two attached hydrogens (primary N) is 1. The number of benzene rings is 1. The van der Waals surface area contributed by atoms with Crippen LogP contribution in [0.4, 0.5) is 11.5 Å². The van der Waals surface area contributed by atoms with Crippen LogP contribution in [0.3, 0.4) is 0 Å². The number of nitrogens with zero attached hydrogens (tertiary/aromatic N) is 1. The first-order valence-corrected chi connectivity index (χ1v) is 6.56. The fourth-order valence-electron chi connectivity index (χ4n) is 1.74. The van der Waals surface area contributed by atoms with Crippen molar-refractivity contribution >= 4 is 17.4 Å². The van der Waals surface area contributed by atoms with Crippen molar-refractivity contribution in [2.24, 2.45) is 0 Å². The van der Waals surface area contributed by atoms with Crippen molar-refractivity contribution in [1.29, 1.82) is 0 Å². The average Bonchev–Trinajstić information content (AvgIpc) is 2.53. The molecule has 0 atom stereocenters. The monoisotopic (exact) mass is 286 g/mol. The van der Waals surface area contributed by atoms with E-state index in [2.05, 4.69) is 15.6 Å². The van der Waals surface area contributed by atoms with Gasteiger partial charge in [0.15, 0.2) is 0 Å². The Balaban J connectivity index is 1.74. The van der Waals surface area contributed by atoms with Gasteiger partial charge in [0.05, 0.1) is 19.0 Å². The van der Waals surface area contributed by atoms with E-state index < -0.39 is 0 Å². The SMILES string of the molecule is COc1ccc(C(=O)NCCNc2ccc(N)nc2)cc1. The molecule has 0 unspecified atom stereocenters. The minimum absolute atomic E-state index is 0.116. The molecule has 0 fully saturated rings. The molecule has 6 heteroatoms. The highest BCUT2D eigenvalue weighted by Crippen LogP contribution is 2.11. The second-order valence-electron chi connectivity index (χ2n) is 4.38. The minimum atomic E-state index is -0.116. The van der Waals surface area contributed by atoms with Gasteiger partial charge in [0.25, 0.3) is 5.91 Å². The lowest BCUT2D eigenvalue weighted by molar-refractivity contribution is 0.0955. The molecule has 2 rings (SSSR count). The Labute approximate surface area is 123 Å². The van der Waals surface area contributed by atoms with E-state index in [1.54, 1.807) is 43.6 Å². The number of hydrogen-bond acceptors (Lipinski definition) is 5. The number of aromatic nitrogens is 1. The van der Waals surface area contributed by atoms with Crippen LogP contribution in [0.5, 0.6) is 5.75 Å². The Morgan fingerprint density at radius 2 is 1.95 bits per heavy atom. The smallest absolute Gasteiger partial charge is 0.251 e. The van der Waals surface area contributed by atoms with Crippen LogP contribution in [-0.4, -0.2) is 31.1 Å². The molecule has 1 amide bonds. The molecule has 0 spiro atoms. The molecule has 1 aromatic carbocycles. The molecule has 0 saturated heterocycles. The molecule has 1 heterocycles. The molecule has 0 aliphatic heterocycles. The third kappa shape index (κ3) is 4.38. The van der Waals surface area contributed by atoms with Crippen LogP contribution >= 0.6 is 0 Å². The van der Waals surface area contributed by atoms with Crippen LogP contribution < -0.4 is 21.1 Å². The summed E-state index contributed by atoms with van der Waals surface area (Å²) in [5.74, 6) is 1.09. The molecular formula is C15H18N4O2. The van der Waals surface area contributed by atoms with Gasteiger partial charge in [-0.3, -0.25) is 4.79 Å². The summed E-state index contributed by atoms with van der Waals surface area (Å²) >= 11 is 0. The highest BCUT2D eigenvalue weighted by Gasteiger charge is 2.04. The summed E-state index contributed by atoms with van der Waals surface area (Å²) in [5.41, 5.74) is 6.97. The number of carbonyl (C=O) groups excluding carboxylic acids is 1. The van der Waals surface area contributed by atoms with E-state index in [9.17, 15) is 4.79 Å². The number of pyridine rings is 1. The number of methoxy groups -OCH3 is 1. The topological polar surface area (TPSA) is 89.3 Å². The maximum atomic E-state index is 11.9. The Hall–Kier alpha value is -2.76. The molecular weight excluding hydrogens is 268 g/mol. The quantitative estimate of drug-likeness (QED) is 0.700. The minimum Gasteiger partial charge on any atom is -0.497 e. The van der Waals surface area contributed by atoms with Crippen LogP contribution in [-0.2, 0) is 0 Å². The summed E-state index contributed by atoms with van der Waals surface area (Å²) in [6.45, 7) is 1.11. The van der Waals surface area contributed by atoms with Crippen molar-refractivity contribution in [2.75, 3.05) is 31.2 Å². The average molecular weight is 286 g/mol. The normalized spacial score (nSPS) is 9.95. The summed E-state index contributed by atoms with van der Waals surface area (Å²) in [5, 5.41) is 5.97. The first-order chi connectivity index (χ1) is 10.2. The number of hydrogen-bond donors (Lipinski definition) is 3. The number of ether oxygens (including phenoxy) is 1. The van der Waals surface area contributed by atoms with Gasteiger partial charge >= 0.3 is 0 Å². The van der Waals surface area contributed by atoms with E-state index in [1.807, 2.05) is 6.07 Å². The maximum absolute atomic E-state index is 11.9. The highest BCUT2D eigenvalue weighted by atomic mass is 16.5. The van der Waals surface area contributed by atoms with E-state index in [0.29, 0.717) is 24.5 Å². The number of nitrogen functional groups attached to an aromatic ring is 1. The number of anilines is 2. The first kappa shape index (κ1) is 14.6. The molecule has 6 nitrogen and oxygen atoms in total. The van der Waals surface area contributed by atoms with E-state index in [0.717, 1.165) is 11.4 Å². The zero-order valence-electron chi connectivity index (χ0n) is 11.8. The second kappa shape index (κ2) is 7.14. The van der Waals surface area contributed by atoms with Gasteiger partial charge in [-0.05, 0) is 36.4 Å². The molecule has 0 aliphatic carbocycles. The second-order valence-corrected chi connectivity index (χ2v) is 4.38. The van der Waals surface area contributed by atoms with Crippen molar-refractivity contribution in [1.82, 2.24) is 10.3 Å². The molecule has 110 valence electrons. The van der Waals surface area contributed by atoms with Crippen molar-refractivity contribution in [3.8, 4) is 5.75 Å². The molecule has 0 aliphatic rings. The fourth-order valence-corrected chi connectivity index (χ4v) is 1.74. The molecule has 0 bridgehead atoms. The predicted octanol–water partition coefficient (Wildman–Crippen LogP) is 1.51. The van der Waals surface area contributed by atoms with Crippen LogP contribution in [0.2, 0.25) is 0 Å². The number of nitrogens with one attached hydrogen (secondary N) is 2. The largest absolute Gasteiger partial charge is 0.497 e. The summed E-state index contributed by atoms with van der Waals surface area (Å²) in [6, 6.07) is 10.5. The van der Waals surface area contributed by atoms with Crippen molar-refractivity contribution < 1.29 is 9.53 Å². The van der Waals surface area contributed by atoms with Gasteiger partial charge in [0.2, 0.25) is 0 Å². The summed E-state index contributed by atoms with van der Waals surface area (Å²) in [4.78, 5) is 15.9. The van der Waals surface area contributed by atoms with Gasteiger partial charge in [0, 0.05) is 18.7 Å². The van der Waals surface area contributed by atoms with Crippen molar-refractivity contribution in [3.05, 3.63) is 48.2 Å². The van der Waals surface area contributed by atoms with Gasteiger partial charge in [-0.25, -0.2) is 4.98 Å². The Morgan fingerprint density at radius 3 is 2.57 bits per heavy atom. The van der Waals surface area contributed by atoms with E-state index in [1.165, 1.54) is 0 Å². The number of carbonyl (C=O) groups is 1. The zero-order chi connectivity index (χ0) is 15.1. The molecule has 21 heavy (non-hydrogen) atoms. The number of rotatable bonds is 6. The van der Waals surface area contributed by atoms with Gasteiger partial charge < -0.3 is 21.1 Å². The lowest BCUT2D eigenvalue weighted by Gasteiger charge is -2.08. The van der Waals surface area contributed by atoms with E-state index in [-0.39, 0.29) is 5.91 Å². The maximum Gasteiger partial charge on any atom is 0.251 e. The lowest BCUT2D eigenvalue weighted by Crippen LogP contribution is -2.28. The summed E-state index contributed by atoms with van der Waals surface area (Å²) in [6.07, 6.45) is 1.65. The van der Waals surface area contributed by atoms with Crippen LogP contribution in [0, 0.1) is 0 Å². The van der Waals surface area contributed by atoms with Gasteiger partial charge in [-0.15, -0.1) is 0 Å². The zero-order valence-corrected chi connectivity index (χ0v) is 11.8. The van der Waals surface area contributed by atoms with Gasteiger partial charge in [-0.2, -0.15) is 0 Å². The predicted molar refractivity (Wildman–Crippen MR) is 82.5 cm³/mol. The Morgan fingerprint density at radius 1 is 1.19 bits per heavy atom. The molecule has 1 aromatic heterocycles. The van der Waals surface area contributed by atoms with Gasteiger partial charge in [0.1, 0.15) is 11.6 Å². The molecule has 0 saturated carbocycles. The van der Waals surface area contributed by atoms with Crippen LogP contribution in [0.1, 0.15) is 10.4 Å². The van der Waals surface area contributed by atoms with Crippen molar-refractivity contribution in [3.63, 3.8) is 0 Å². The van der Waals surface area contributed by atoms with Crippen molar-refractivity contribution in [2.45, 2.75) is 0 Å². The van der Waals surface area contributed by atoms with E-state index in [4.69, 9.17) is 10.5 Å². The Kier molecular flexibility index (Phi) is 4.98. The molecule has 2 aromatic rings.